The number of nitrogens with zero attached hydrogens (tertiary/aromatic N) is 2. The first-order valence-corrected chi connectivity index (χ1v) is 8.38. The molecule has 102 valence electrons. The first kappa shape index (κ1) is 15.4. The molecule has 1 aromatic rings. The second-order valence-electron chi connectivity index (χ2n) is 4.03. The molecule has 0 aliphatic carbocycles. The van der Waals surface area contributed by atoms with E-state index >= 15 is 0 Å². The minimum Gasteiger partial charge on any atom is -0.326 e. The summed E-state index contributed by atoms with van der Waals surface area (Å²) < 4.78 is 25.9. The lowest BCUT2D eigenvalue weighted by atomic mass is 10.3. The SMILES string of the molecule is CSCC(C)N(C)S(=O)(=O)c1ccc(CN)cn1. The minimum absolute atomic E-state index is 0.0650. The Morgan fingerprint density at radius 2 is 2.17 bits per heavy atom. The number of sulfonamides is 1. The summed E-state index contributed by atoms with van der Waals surface area (Å²) in [4.78, 5) is 3.97. The number of aromatic nitrogens is 1. The zero-order chi connectivity index (χ0) is 13.8. The van der Waals surface area contributed by atoms with Crippen LogP contribution >= 0.6 is 11.8 Å². The maximum absolute atomic E-state index is 12.3. The van der Waals surface area contributed by atoms with Gasteiger partial charge in [-0.25, -0.2) is 13.4 Å². The number of pyridine rings is 1. The molecule has 1 unspecified atom stereocenters. The summed E-state index contributed by atoms with van der Waals surface area (Å²) in [6, 6.07) is 3.12. The van der Waals surface area contributed by atoms with Gasteiger partial charge in [0.2, 0.25) is 0 Å². The molecule has 1 aromatic heterocycles. The van der Waals surface area contributed by atoms with E-state index in [1.54, 1.807) is 24.9 Å². The lowest BCUT2D eigenvalue weighted by Gasteiger charge is -2.23. The van der Waals surface area contributed by atoms with Gasteiger partial charge in [-0.1, -0.05) is 6.07 Å². The summed E-state index contributed by atoms with van der Waals surface area (Å²) in [5.41, 5.74) is 6.27. The van der Waals surface area contributed by atoms with Gasteiger partial charge >= 0.3 is 0 Å². The van der Waals surface area contributed by atoms with E-state index in [1.807, 2.05) is 13.2 Å². The lowest BCUT2D eigenvalue weighted by molar-refractivity contribution is 0.413. The number of thioether (sulfide) groups is 1. The summed E-state index contributed by atoms with van der Waals surface area (Å²) in [5.74, 6) is 0.747. The number of rotatable bonds is 6. The summed E-state index contributed by atoms with van der Waals surface area (Å²) >= 11 is 1.61. The van der Waals surface area contributed by atoms with Crippen molar-refractivity contribution in [3.63, 3.8) is 0 Å². The Hall–Kier alpha value is -0.630. The van der Waals surface area contributed by atoms with Gasteiger partial charge in [-0.15, -0.1) is 0 Å². The van der Waals surface area contributed by atoms with Crippen LogP contribution in [0.2, 0.25) is 0 Å². The van der Waals surface area contributed by atoms with Crippen LogP contribution in [0, 0.1) is 0 Å². The molecule has 0 aliphatic rings. The van der Waals surface area contributed by atoms with Gasteiger partial charge in [-0.3, -0.25) is 0 Å². The topological polar surface area (TPSA) is 76.3 Å². The van der Waals surface area contributed by atoms with E-state index in [4.69, 9.17) is 5.73 Å². The Kier molecular flexibility index (Phi) is 5.58. The zero-order valence-corrected chi connectivity index (χ0v) is 12.5. The van der Waals surface area contributed by atoms with Crippen molar-refractivity contribution in [1.29, 1.82) is 0 Å². The number of nitrogens with two attached hydrogens (primary N) is 1. The fourth-order valence-electron chi connectivity index (χ4n) is 1.41. The molecule has 0 amide bonds. The van der Waals surface area contributed by atoms with Crippen LogP contribution < -0.4 is 5.73 Å². The molecule has 7 heteroatoms. The van der Waals surface area contributed by atoms with Crippen molar-refractivity contribution in [2.45, 2.75) is 24.5 Å². The van der Waals surface area contributed by atoms with Gasteiger partial charge in [0.05, 0.1) is 0 Å². The molecular weight excluding hydrogens is 270 g/mol. The highest BCUT2D eigenvalue weighted by Crippen LogP contribution is 2.16. The van der Waals surface area contributed by atoms with Crippen LogP contribution in [-0.4, -0.2) is 42.8 Å². The standard InChI is InChI=1S/C11H19N3O2S2/c1-9(8-17-3)14(2)18(15,16)11-5-4-10(6-12)7-13-11/h4-5,7,9H,6,8,12H2,1-3H3. The van der Waals surface area contributed by atoms with Gasteiger partial charge in [0.25, 0.3) is 10.0 Å². The van der Waals surface area contributed by atoms with Gasteiger partial charge < -0.3 is 5.73 Å². The Bertz CT molecular complexity index is 474. The van der Waals surface area contributed by atoms with E-state index in [2.05, 4.69) is 4.98 Å². The van der Waals surface area contributed by atoms with Crippen LogP contribution in [0.5, 0.6) is 0 Å². The van der Waals surface area contributed by atoms with E-state index in [9.17, 15) is 8.42 Å². The Balaban J connectivity index is 2.97. The summed E-state index contributed by atoms with van der Waals surface area (Å²) in [7, 11) is -1.94. The van der Waals surface area contributed by atoms with Gasteiger partial charge in [0, 0.05) is 31.6 Å². The van der Waals surface area contributed by atoms with Crippen LogP contribution in [0.4, 0.5) is 0 Å². The third-order valence-corrected chi connectivity index (χ3v) is 5.41. The predicted octanol–water partition coefficient (Wildman–Crippen LogP) is 0.912. The Morgan fingerprint density at radius 3 is 2.61 bits per heavy atom. The van der Waals surface area contributed by atoms with Gasteiger partial charge in [0.15, 0.2) is 5.03 Å². The van der Waals surface area contributed by atoms with E-state index in [1.165, 1.54) is 16.6 Å². The number of hydrogen-bond acceptors (Lipinski definition) is 5. The molecule has 18 heavy (non-hydrogen) atoms. The molecule has 5 nitrogen and oxygen atoms in total. The Labute approximate surface area is 113 Å². The van der Waals surface area contributed by atoms with E-state index < -0.39 is 10.0 Å². The van der Waals surface area contributed by atoms with Gasteiger partial charge in [-0.05, 0) is 24.8 Å². The average molecular weight is 289 g/mol. The average Bonchev–Trinajstić information content (AvgIpc) is 2.38. The lowest BCUT2D eigenvalue weighted by Crippen LogP contribution is -2.37. The molecule has 0 radical (unpaired) electrons. The molecule has 0 aliphatic heterocycles. The predicted molar refractivity (Wildman–Crippen MR) is 74.9 cm³/mol. The van der Waals surface area contributed by atoms with E-state index in [0.717, 1.165) is 11.3 Å². The molecule has 0 bridgehead atoms. The molecule has 1 atom stereocenters. The van der Waals surface area contributed by atoms with Crippen molar-refractivity contribution < 1.29 is 8.42 Å². The largest absolute Gasteiger partial charge is 0.326 e. The highest BCUT2D eigenvalue weighted by Gasteiger charge is 2.26. The van der Waals surface area contributed by atoms with E-state index in [0.29, 0.717) is 6.54 Å². The third kappa shape index (κ3) is 3.44. The highest BCUT2D eigenvalue weighted by molar-refractivity contribution is 7.98. The van der Waals surface area contributed by atoms with Crippen molar-refractivity contribution in [1.82, 2.24) is 9.29 Å². The number of hydrogen-bond donors (Lipinski definition) is 1. The van der Waals surface area contributed by atoms with Crippen LogP contribution in [0.25, 0.3) is 0 Å². The molecule has 0 aromatic carbocycles. The minimum atomic E-state index is -3.52. The van der Waals surface area contributed by atoms with Crippen LogP contribution in [-0.2, 0) is 16.6 Å². The Morgan fingerprint density at radius 1 is 1.50 bits per heavy atom. The summed E-state index contributed by atoms with van der Waals surface area (Å²) in [6.07, 6.45) is 3.45. The molecule has 0 spiro atoms. The fraction of sp³-hybridized carbons (Fsp3) is 0.545. The zero-order valence-electron chi connectivity index (χ0n) is 10.8. The smallest absolute Gasteiger partial charge is 0.260 e. The van der Waals surface area contributed by atoms with Crippen LogP contribution in [0.1, 0.15) is 12.5 Å². The van der Waals surface area contributed by atoms with Crippen molar-refractivity contribution in [2.75, 3.05) is 19.1 Å². The molecular formula is C11H19N3O2S2. The van der Waals surface area contributed by atoms with Crippen LogP contribution in [0.15, 0.2) is 23.4 Å². The fourth-order valence-corrected chi connectivity index (χ4v) is 3.48. The maximum Gasteiger partial charge on any atom is 0.260 e. The first-order chi connectivity index (χ1) is 8.43. The second kappa shape index (κ2) is 6.51. The molecule has 0 fully saturated rings. The normalized spacial score (nSPS) is 13.8. The summed E-state index contributed by atoms with van der Waals surface area (Å²) in [6.45, 7) is 2.23. The molecule has 1 rings (SSSR count). The maximum atomic E-state index is 12.3. The molecule has 0 saturated heterocycles. The first-order valence-electron chi connectivity index (χ1n) is 5.55. The van der Waals surface area contributed by atoms with Crippen molar-refractivity contribution in [3.8, 4) is 0 Å². The third-order valence-electron chi connectivity index (χ3n) is 2.71. The second-order valence-corrected chi connectivity index (χ2v) is 6.89. The highest BCUT2D eigenvalue weighted by atomic mass is 32.2. The monoisotopic (exact) mass is 289 g/mol. The molecule has 0 saturated carbocycles. The van der Waals surface area contributed by atoms with Gasteiger partial charge in [-0.2, -0.15) is 16.1 Å². The molecule has 2 N–H and O–H groups in total. The van der Waals surface area contributed by atoms with Crippen molar-refractivity contribution in [2.24, 2.45) is 5.73 Å². The van der Waals surface area contributed by atoms with E-state index in [-0.39, 0.29) is 11.1 Å². The van der Waals surface area contributed by atoms with Crippen molar-refractivity contribution >= 4 is 21.8 Å². The quantitative estimate of drug-likeness (QED) is 0.842. The summed E-state index contributed by atoms with van der Waals surface area (Å²) in [5, 5.41) is 0.0650. The van der Waals surface area contributed by atoms with Gasteiger partial charge in [0.1, 0.15) is 0 Å². The molecule has 1 heterocycles. The van der Waals surface area contributed by atoms with Crippen molar-refractivity contribution in [3.05, 3.63) is 23.9 Å². The van der Waals surface area contributed by atoms with Crippen LogP contribution in [0.3, 0.4) is 0 Å².